The van der Waals surface area contributed by atoms with Gasteiger partial charge in [-0.15, -0.1) is 11.8 Å². The number of halogens is 3. The quantitative estimate of drug-likeness (QED) is 0.229. The second kappa shape index (κ2) is 13.0. The van der Waals surface area contributed by atoms with Crippen LogP contribution < -0.4 is 10.9 Å². The first-order valence-electron chi connectivity index (χ1n) is 11.3. The minimum Gasteiger partial charge on any atom is -0.423 e. The van der Waals surface area contributed by atoms with Gasteiger partial charge >= 0.3 is 14.2 Å². The summed E-state index contributed by atoms with van der Waals surface area (Å²) in [6, 6.07) is 20.6. The molecule has 4 aromatic carbocycles. The van der Waals surface area contributed by atoms with Gasteiger partial charge < -0.3 is 20.1 Å². The Kier molecular flexibility index (Phi) is 10.0. The summed E-state index contributed by atoms with van der Waals surface area (Å²) >= 11 is 1.40. The molecule has 0 fully saturated rings. The van der Waals surface area contributed by atoms with E-state index < -0.39 is 20.1 Å². The number of benzene rings is 4. The molecule has 0 saturated heterocycles. The Morgan fingerprint density at radius 1 is 0.649 bits per heavy atom. The average molecular weight is 524 g/mol. The van der Waals surface area contributed by atoms with E-state index in [2.05, 4.69) is 0 Å². The van der Waals surface area contributed by atoms with E-state index in [1.165, 1.54) is 42.1 Å². The standard InChI is InChI=1S/C14H13BF2O2S.C13H12BFO2/c1-9-6-10(2-5-13(9)16)8-20-11-3-4-12(15(18)19)14(17)7-11;1-9-7-11(5-6-13(9)14(16)17)10-3-2-4-12(15)8-10/h2-7,18-19H,8H2,1H3;2-8,16-17H,1H3. The summed E-state index contributed by atoms with van der Waals surface area (Å²) in [6.07, 6.45) is 0. The molecule has 4 nitrogen and oxygen atoms in total. The highest BCUT2D eigenvalue weighted by Crippen LogP contribution is 2.24. The van der Waals surface area contributed by atoms with Gasteiger partial charge in [0.15, 0.2) is 0 Å². The Morgan fingerprint density at radius 3 is 1.92 bits per heavy atom. The van der Waals surface area contributed by atoms with Crippen molar-refractivity contribution < 1.29 is 33.3 Å². The molecule has 0 aliphatic heterocycles. The summed E-state index contributed by atoms with van der Waals surface area (Å²) in [5, 5.41) is 36.1. The van der Waals surface area contributed by atoms with Crippen molar-refractivity contribution in [2.45, 2.75) is 24.5 Å². The molecule has 37 heavy (non-hydrogen) atoms. The third-order valence-corrected chi connectivity index (χ3v) is 6.65. The predicted molar refractivity (Wildman–Crippen MR) is 143 cm³/mol. The highest BCUT2D eigenvalue weighted by molar-refractivity contribution is 7.98. The van der Waals surface area contributed by atoms with E-state index >= 15 is 0 Å². The first kappa shape index (κ1) is 28.6. The molecule has 0 aliphatic carbocycles. The molecule has 0 atom stereocenters. The first-order chi connectivity index (χ1) is 17.5. The smallest absolute Gasteiger partial charge is 0.423 e. The topological polar surface area (TPSA) is 80.9 Å². The minimum atomic E-state index is -1.81. The van der Waals surface area contributed by atoms with Crippen molar-refractivity contribution in [2.75, 3.05) is 0 Å². The van der Waals surface area contributed by atoms with Gasteiger partial charge in [-0.05, 0) is 71.9 Å². The lowest BCUT2D eigenvalue weighted by molar-refractivity contribution is 0.422. The number of hydrogen-bond acceptors (Lipinski definition) is 5. The lowest BCUT2D eigenvalue weighted by atomic mass is 9.76. The molecule has 4 rings (SSSR count). The predicted octanol–water partition coefficient (Wildman–Crippen LogP) is 3.73. The van der Waals surface area contributed by atoms with Gasteiger partial charge in [0.25, 0.3) is 0 Å². The summed E-state index contributed by atoms with van der Waals surface area (Å²) < 4.78 is 39.8. The van der Waals surface area contributed by atoms with Gasteiger partial charge in [0.05, 0.1) is 0 Å². The number of rotatable bonds is 6. The van der Waals surface area contributed by atoms with Crippen molar-refractivity contribution in [3.63, 3.8) is 0 Å². The van der Waals surface area contributed by atoms with Gasteiger partial charge in [0.2, 0.25) is 0 Å². The van der Waals surface area contributed by atoms with Crippen LogP contribution in [0.25, 0.3) is 11.1 Å². The maximum atomic E-state index is 13.6. The van der Waals surface area contributed by atoms with Gasteiger partial charge in [-0.3, -0.25) is 0 Å². The molecule has 0 heterocycles. The van der Waals surface area contributed by atoms with Crippen LogP contribution in [0.5, 0.6) is 0 Å². The third-order valence-electron chi connectivity index (χ3n) is 5.58. The van der Waals surface area contributed by atoms with Crippen molar-refractivity contribution in [1.29, 1.82) is 0 Å². The van der Waals surface area contributed by atoms with Crippen molar-refractivity contribution in [1.82, 2.24) is 0 Å². The van der Waals surface area contributed by atoms with Crippen LogP contribution in [-0.4, -0.2) is 34.3 Å². The van der Waals surface area contributed by atoms with Crippen molar-refractivity contribution in [3.05, 3.63) is 113 Å². The van der Waals surface area contributed by atoms with Crippen LogP contribution in [0, 0.1) is 31.3 Å². The maximum absolute atomic E-state index is 13.6. The summed E-state index contributed by atoms with van der Waals surface area (Å²) in [7, 11) is -3.29. The Labute approximate surface area is 218 Å². The summed E-state index contributed by atoms with van der Waals surface area (Å²) in [5.41, 5.74) is 4.23. The van der Waals surface area contributed by atoms with Crippen LogP contribution in [-0.2, 0) is 5.75 Å². The van der Waals surface area contributed by atoms with Crippen LogP contribution in [0.2, 0.25) is 0 Å². The minimum absolute atomic E-state index is 0.146. The summed E-state index contributed by atoms with van der Waals surface area (Å²) in [5.74, 6) is -0.598. The second-order valence-corrected chi connectivity index (χ2v) is 9.43. The fraction of sp³-hybridized carbons (Fsp3) is 0.111. The average Bonchev–Trinajstić information content (AvgIpc) is 2.84. The fourth-order valence-corrected chi connectivity index (χ4v) is 4.45. The van der Waals surface area contributed by atoms with Crippen molar-refractivity contribution >= 4 is 36.9 Å². The fourth-order valence-electron chi connectivity index (χ4n) is 3.58. The van der Waals surface area contributed by atoms with Crippen LogP contribution in [0.4, 0.5) is 13.2 Å². The zero-order valence-electron chi connectivity index (χ0n) is 20.2. The lowest BCUT2D eigenvalue weighted by Crippen LogP contribution is -2.32. The summed E-state index contributed by atoms with van der Waals surface area (Å²) in [6.45, 7) is 3.48. The molecule has 0 spiro atoms. The molecule has 0 radical (unpaired) electrons. The molecule has 0 unspecified atom stereocenters. The van der Waals surface area contributed by atoms with Crippen LogP contribution in [0.1, 0.15) is 16.7 Å². The van der Waals surface area contributed by atoms with Gasteiger partial charge in [-0.25, -0.2) is 13.2 Å². The molecular weight excluding hydrogens is 499 g/mol. The molecular formula is C27H25B2F3O4S. The number of hydrogen-bond donors (Lipinski definition) is 4. The SMILES string of the molecule is Cc1cc(-c2cccc(F)c2)ccc1B(O)O.Cc1cc(CSc2ccc(B(O)O)c(F)c2)ccc1F. The van der Waals surface area contributed by atoms with Gasteiger partial charge in [0, 0.05) is 16.1 Å². The molecule has 10 heteroatoms. The van der Waals surface area contributed by atoms with Crippen LogP contribution >= 0.6 is 11.8 Å². The lowest BCUT2D eigenvalue weighted by Gasteiger charge is -2.08. The summed E-state index contributed by atoms with van der Waals surface area (Å²) in [4.78, 5) is 0.675. The zero-order chi connectivity index (χ0) is 27.1. The van der Waals surface area contributed by atoms with E-state index in [0.29, 0.717) is 21.7 Å². The van der Waals surface area contributed by atoms with Crippen LogP contribution in [0.15, 0.2) is 83.8 Å². The van der Waals surface area contributed by atoms with E-state index in [-0.39, 0.29) is 17.1 Å². The Morgan fingerprint density at radius 2 is 1.32 bits per heavy atom. The molecule has 0 aliphatic rings. The highest BCUT2D eigenvalue weighted by atomic mass is 32.2. The zero-order valence-corrected chi connectivity index (χ0v) is 21.0. The Bertz CT molecular complexity index is 1370. The first-order valence-corrected chi connectivity index (χ1v) is 12.3. The number of thioether (sulfide) groups is 1. The van der Waals surface area contributed by atoms with E-state index in [1.54, 1.807) is 50.2 Å². The van der Waals surface area contributed by atoms with Crippen LogP contribution in [0.3, 0.4) is 0 Å². The molecule has 0 bridgehead atoms. The Balaban J connectivity index is 0.000000208. The van der Waals surface area contributed by atoms with E-state index in [0.717, 1.165) is 22.3 Å². The molecule has 4 aromatic rings. The van der Waals surface area contributed by atoms with E-state index in [9.17, 15) is 13.2 Å². The normalized spacial score (nSPS) is 10.5. The van der Waals surface area contributed by atoms with E-state index in [4.69, 9.17) is 20.1 Å². The molecule has 0 aromatic heterocycles. The molecule has 4 N–H and O–H groups in total. The maximum Gasteiger partial charge on any atom is 0.491 e. The third kappa shape index (κ3) is 7.99. The molecule has 190 valence electrons. The monoisotopic (exact) mass is 524 g/mol. The molecule has 0 amide bonds. The van der Waals surface area contributed by atoms with Gasteiger partial charge in [0.1, 0.15) is 17.5 Å². The van der Waals surface area contributed by atoms with Crippen molar-refractivity contribution in [3.8, 4) is 11.1 Å². The largest absolute Gasteiger partial charge is 0.491 e. The van der Waals surface area contributed by atoms with Gasteiger partial charge in [-0.1, -0.05) is 54.1 Å². The van der Waals surface area contributed by atoms with Crippen molar-refractivity contribution in [2.24, 2.45) is 0 Å². The number of aryl methyl sites for hydroxylation is 2. The van der Waals surface area contributed by atoms with Gasteiger partial charge in [-0.2, -0.15) is 0 Å². The Hall–Kier alpha value is -3.01. The highest BCUT2D eigenvalue weighted by Gasteiger charge is 2.16. The second-order valence-electron chi connectivity index (χ2n) is 8.38. The molecule has 0 saturated carbocycles. The van der Waals surface area contributed by atoms with E-state index in [1.807, 2.05) is 12.1 Å².